The molecule has 3 fully saturated rings. The molecule has 12 N–H and O–H groups in total. The second-order valence-corrected chi connectivity index (χ2v) is 19.1. The lowest BCUT2D eigenvalue weighted by Crippen LogP contribution is -2.61. The fourth-order valence-corrected chi connectivity index (χ4v) is 8.88. The minimum atomic E-state index is -1.80. The molecule has 0 radical (unpaired) electrons. The summed E-state index contributed by atoms with van der Waals surface area (Å²) >= 11 is 0. The molecule has 0 aromatic carbocycles. The average Bonchev–Trinajstić information content (AvgIpc) is 3.32. The Bertz CT molecular complexity index is 1080. The quantitative estimate of drug-likeness (QED) is 0.0388. The van der Waals surface area contributed by atoms with Gasteiger partial charge in [-0.15, -0.1) is 0 Å². The van der Waals surface area contributed by atoms with Crippen molar-refractivity contribution >= 4 is 0 Å². The third kappa shape index (κ3) is 19.4. The summed E-state index contributed by atoms with van der Waals surface area (Å²) in [6.45, 7) is 0.840. The standard InChI is InChI=1S/C47H90O19/c1-3-5-7-9-11-13-15-17-19-21-31(22-20-18-16-14-12-10-8-6-4-2)26-60-27-47(28-61-44-41(57)38(54)35(51)32(23-48)64-44,29-62-45-42(58)39(55)36(52)33(24-49)65-45)30-63-46-43(59)40(56)37(53)34(25-50)66-46/h31-46,48-59H,3-30H2,1-2H3. The highest BCUT2D eigenvalue weighted by molar-refractivity contribution is 4.93. The fourth-order valence-electron chi connectivity index (χ4n) is 8.88. The van der Waals surface area contributed by atoms with Crippen LogP contribution < -0.4 is 0 Å². The molecule has 3 saturated heterocycles. The Morgan fingerprint density at radius 3 is 0.955 bits per heavy atom. The molecule has 3 aliphatic heterocycles. The van der Waals surface area contributed by atoms with Gasteiger partial charge in [0.15, 0.2) is 18.9 Å². The molecule has 0 aromatic rings. The van der Waals surface area contributed by atoms with Gasteiger partial charge in [0.25, 0.3) is 0 Å². The molecule has 0 spiro atoms. The highest BCUT2D eigenvalue weighted by atomic mass is 16.7. The highest BCUT2D eigenvalue weighted by Crippen LogP contribution is 2.32. The molecule has 3 rings (SSSR count). The van der Waals surface area contributed by atoms with Crippen molar-refractivity contribution in [2.75, 3.05) is 52.9 Å². The first kappa shape index (κ1) is 59.5. The van der Waals surface area contributed by atoms with Gasteiger partial charge in [-0.25, -0.2) is 0 Å². The molecule has 0 amide bonds. The summed E-state index contributed by atoms with van der Waals surface area (Å²) in [5.74, 6) is 0.168. The summed E-state index contributed by atoms with van der Waals surface area (Å²) in [4.78, 5) is 0. The van der Waals surface area contributed by atoms with Crippen LogP contribution in [0.5, 0.6) is 0 Å². The van der Waals surface area contributed by atoms with Crippen molar-refractivity contribution in [2.45, 2.75) is 234 Å². The molecule has 0 aliphatic carbocycles. The molecule has 3 heterocycles. The van der Waals surface area contributed by atoms with Gasteiger partial charge in [0.05, 0.1) is 51.7 Å². The van der Waals surface area contributed by atoms with E-state index in [0.29, 0.717) is 6.61 Å². The Labute approximate surface area is 392 Å². The van der Waals surface area contributed by atoms with Gasteiger partial charge in [-0.1, -0.05) is 129 Å². The second kappa shape index (κ2) is 33.0. The van der Waals surface area contributed by atoms with Crippen molar-refractivity contribution in [1.29, 1.82) is 0 Å². The van der Waals surface area contributed by atoms with Crippen molar-refractivity contribution in [3.8, 4) is 0 Å². The SMILES string of the molecule is CCCCCCCCCCCC(CCCCCCCCCCC)COCC(COC1OC(CO)C(O)C(O)C1O)(COC1OC(CO)C(O)C(O)C1O)COC1OC(CO)C(O)C(O)C1O. The maximum absolute atomic E-state index is 10.9. The van der Waals surface area contributed by atoms with Crippen LogP contribution in [0, 0.1) is 11.3 Å². The zero-order valence-electron chi connectivity index (χ0n) is 39.8. The number of rotatable bonds is 36. The van der Waals surface area contributed by atoms with Crippen LogP contribution in [0.1, 0.15) is 142 Å². The predicted octanol–water partition coefficient (Wildman–Crippen LogP) is 0.897. The molecule has 0 bridgehead atoms. The van der Waals surface area contributed by atoms with Gasteiger partial charge in [-0.3, -0.25) is 0 Å². The smallest absolute Gasteiger partial charge is 0.186 e. The van der Waals surface area contributed by atoms with E-state index in [9.17, 15) is 61.3 Å². The van der Waals surface area contributed by atoms with Gasteiger partial charge in [-0.2, -0.15) is 0 Å². The minimum absolute atomic E-state index is 0.168. The monoisotopic (exact) mass is 959 g/mol. The van der Waals surface area contributed by atoms with Gasteiger partial charge in [0, 0.05) is 6.61 Å². The van der Waals surface area contributed by atoms with E-state index in [4.69, 9.17) is 33.2 Å². The highest BCUT2D eigenvalue weighted by Gasteiger charge is 2.49. The van der Waals surface area contributed by atoms with Gasteiger partial charge < -0.3 is 94.4 Å². The first-order valence-electron chi connectivity index (χ1n) is 25.1. The number of unbranched alkanes of at least 4 members (excludes halogenated alkanes) is 16. The zero-order chi connectivity index (χ0) is 48.5. The lowest BCUT2D eigenvalue weighted by molar-refractivity contribution is -0.332. The molecule has 19 nitrogen and oxygen atoms in total. The van der Waals surface area contributed by atoms with Crippen LogP contribution in [-0.4, -0.2) is 206 Å². The maximum atomic E-state index is 10.9. The number of aliphatic hydroxyl groups excluding tert-OH is 12. The lowest BCUT2D eigenvalue weighted by atomic mass is 9.90. The van der Waals surface area contributed by atoms with E-state index in [1.807, 2.05) is 0 Å². The third-order valence-corrected chi connectivity index (χ3v) is 13.4. The van der Waals surface area contributed by atoms with E-state index in [1.54, 1.807) is 0 Å². The number of hydrogen-bond acceptors (Lipinski definition) is 19. The van der Waals surface area contributed by atoms with Crippen molar-refractivity contribution < 1.29 is 94.4 Å². The molecule has 19 heteroatoms. The molecule has 66 heavy (non-hydrogen) atoms. The van der Waals surface area contributed by atoms with Gasteiger partial charge in [0.1, 0.15) is 73.2 Å². The van der Waals surface area contributed by atoms with Crippen molar-refractivity contribution in [3.63, 3.8) is 0 Å². The average molecular weight is 959 g/mol. The minimum Gasteiger partial charge on any atom is -0.394 e. The summed E-state index contributed by atoms with van der Waals surface area (Å²) in [5.41, 5.74) is -1.55. The first-order chi connectivity index (χ1) is 31.8. The van der Waals surface area contributed by atoms with E-state index in [1.165, 1.54) is 77.0 Å². The Hall–Kier alpha value is -0.760. The predicted molar refractivity (Wildman–Crippen MR) is 240 cm³/mol. The lowest BCUT2D eigenvalue weighted by Gasteiger charge is -2.44. The molecular weight excluding hydrogens is 868 g/mol. The summed E-state index contributed by atoms with van der Waals surface area (Å²) in [7, 11) is 0. The molecule has 0 saturated carbocycles. The van der Waals surface area contributed by atoms with Crippen molar-refractivity contribution in [1.82, 2.24) is 0 Å². The summed E-state index contributed by atoms with van der Waals surface area (Å²) in [5, 5.41) is 125. The van der Waals surface area contributed by atoms with Crippen LogP contribution in [0.25, 0.3) is 0 Å². The fraction of sp³-hybridized carbons (Fsp3) is 1.00. The van der Waals surface area contributed by atoms with Gasteiger partial charge in [0.2, 0.25) is 0 Å². The van der Waals surface area contributed by atoms with Crippen LogP contribution >= 0.6 is 0 Å². The Morgan fingerprint density at radius 1 is 0.379 bits per heavy atom. The summed E-state index contributed by atoms with van der Waals surface area (Å²) < 4.78 is 41.6. The topological polar surface area (TPSA) is 307 Å². The van der Waals surface area contributed by atoms with Crippen molar-refractivity contribution in [3.05, 3.63) is 0 Å². The maximum Gasteiger partial charge on any atom is 0.186 e. The van der Waals surface area contributed by atoms with E-state index in [2.05, 4.69) is 13.8 Å². The van der Waals surface area contributed by atoms with Crippen LogP contribution in [0.3, 0.4) is 0 Å². The van der Waals surface area contributed by atoms with E-state index in [-0.39, 0.29) is 12.5 Å². The van der Waals surface area contributed by atoms with Gasteiger partial charge in [-0.05, 0) is 18.8 Å². The largest absolute Gasteiger partial charge is 0.394 e. The van der Waals surface area contributed by atoms with Gasteiger partial charge >= 0.3 is 0 Å². The number of hydrogen-bond donors (Lipinski definition) is 12. The number of ether oxygens (including phenoxy) is 7. The van der Waals surface area contributed by atoms with Crippen LogP contribution in [0.15, 0.2) is 0 Å². The van der Waals surface area contributed by atoms with E-state index >= 15 is 0 Å². The van der Waals surface area contributed by atoms with Crippen LogP contribution in [0.2, 0.25) is 0 Å². The third-order valence-electron chi connectivity index (χ3n) is 13.4. The number of aliphatic hydroxyl groups is 12. The molecule has 0 aromatic heterocycles. The normalized spacial score (nSPS) is 34.0. The van der Waals surface area contributed by atoms with Crippen LogP contribution in [0.4, 0.5) is 0 Å². The molecular formula is C47H90O19. The Balaban J connectivity index is 1.87. The zero-order valence-corrected chi connectivity index (χ0v) is 39.8. The van der Waals surface area contributed by atoms with Crippen molar-refractivity contribution in [2.24, 2.45) is 11.3 Å². The van der Waals surface area contributed by atoms with E-state index < -0.39 is 137 Å². The van der Waals surface area contributed by atoms with Crippen LogP contribution in [-0.2, 0) is 33.2 Å². The summed E-state index contributed by atoms with van der Waals surface area (Å²) in [6.07, 6.45) is -1.26. The molecule has 15 unspecified atom stereocenters. The molecule has 3 aliphatic rings. The Kier molecular flexibility index (Phi) is 29.8. The van der Waals surface area contributed by atoms with E-state index in [0.717, 1.165) is 51.4 Å². The Morgan fingerprint density at radius 2 is 0.667 bits per heavy atom. The summed E-state index contributed by atoms with van der Waals surface area (Å²) in [6, 6.07) is 0. The molecule has 15 atom stereocenters. The first-order valence-corrected chi connectivity index (χ1v) is 25.1. The second-order valence-electron chi connectivity index (χ2n) is 19.1. The molecule has 392 valence electrons.